The molecule has 1 aromatic carbocycles. The van der Waals surface area contributed by atoms with Crippen molar-refractivity contribution in [2.24, 2.45) is 16.3 Å². The van der Waals surface area contributed by atoms with Crippen molar-refractivity contribution >= 4 is 23.0 Å². The number of nitrogens with zero attached hydrogens (tertiary/aromatic N) is 3. The number of carbonyl (C=O) groups is 1. The van der Waals surface area contributed by atoms with Crippen LogP contribution in [0.15, 0.2) is 34.9 Å². The van der Waals surface area contributed by atoms with Gasteiger partial charge in [0.05, 0.1) is 40.0 Å². The van der Waals surface area contributed by atoms with Crippen molar-refractivity contribution in [3.63, 3.8) is 0 Å². The number of aryl methyl sites for hydroxylation is 1. The highest BCUT2D eigenvalue weighted by atomic mass is 32.1. The number of amides is 1. The SMILES string of the molecule is Cc1ncsc1-c1ccc(C2(C)CC([C@@H]3C[C@@H](O)CN3C(=O)[C@@H](N)C(C)(C)C)=NO2)cc1. The molecule has 0 saturated carbocycles. The standard InChI is InChI=1S/C24H32N4O3S/c1-14-20(32-13-26-14)15-6-8-16(9-7-15)24(5)11-18(27-31-24)19-10-17(29)12-28(19)22(30)21(25)23(2,3)4/h6-9,13,17,19,21,29H,10-12,25H2,1-5H3/t17-,19+,21-,24?/m1/s1. The van der Waals surface area contributed by atoms with Crippen LogP contribution in [-0.4, -0.2) is 51.3 Å². The van der Waals surface area contributed by atoms with Crippen LogP contribution < -0.4 is 5.73 Å². The molecule has 1 fully saturated rings. The molecule has 2 aromatic rings. The highest BCUT2D eigenvalue weighted by molar-refractivity contribution is 7.13. The van der Waals surface area contributed by atoms with Crippen molar-refractivity contribution in [2.75, 3.05) is 6.54 Å². The summed E-state index contributed by atoms with van der Waals surface area (Å²) in [6.07, 6.45) is 0.412. The van der Waals surface area contributed by atoms with E-state index in [9.17, 15) is 9.90 Å². The van der Waals surface area contributed by atoms with E-state index >= 15 is 0 Å². The molecule has 32 heavy (non-hydrogen) atoms. The molecule has 0 spiro atoms. The van der Waals surface area contributed by atoms with Gasteiger partial charge in [-0.05, 0) is 30.4 Å². The number of rotatable bonds is 4. The van der Waals surface area contributed by atoms with Crippen molar-refractivity contribution in [2.45, 2.75) is 71.2 Å². The quantitative estimate of drug-likeness (QED) is 0.734. The monoisotopic (exact) mass is 456 g/mol. The van der Waals surface area contributed by atoms with E-state index in [2.05, 4.69) is 34.4 Å². The van der Waals surface area contributed by atoms with Gasteiger partial charge >= 0.3 is 0 Å². The Hall–Kier alpha value is -2.29. The zero-order valence-corrected chi connectivity index (χ0v) is 20.1. The molecule has 1 aromatic heterocycles. The van der Waals surface area contributed by atoms with Gasteiger partial charge in [0.1, 0.15) is 0 Å². The average molecular weight is 457 g/mol. The third kappa shape index (κ3) is 4.19. The Bertz CT molecular complexity index is 1030. The fraction of sp³-hybridized carbons (Fsp3) is 0.542. The maximum atomic E-state index is 13.1. The number of aliphatic hydroxyl groups is 1. The Morgan fingerprint density at radius 2 is 2.03 bits per heavy atom. The second-order valence-electron chi connectivity index (χ2n) is 10.2. The number of benzene rings is 1. The number of thiazole rings is 1. The predicted molar refractivity (Wildman–Crippen MR) is 126 cm³/mol. The molecule has 1 amide bonds. The van der Waals surface area contributed by atoms with E-state index < -0.39 is 17.7 Å². The lowest BCUT2D eigenvalue weighted by atomic mass is 9.85. The number of likely N-dealkylation sites (tertiary alicyclic amines) is 1. The Kier molecular flexibility index (Phi) is 5.90. The van der Waals surface area contributed by atoms with E-state index in [1.54, 1.807) is 16.2 Å². The van der Waals surface area contributed by atoms with Gasteiger partial charge in [-0.3, -0.25) is 4.79 Å². The van der Waals surface area contributed by atoms with E-state index in [0.29, 0.717) is 12.8 Å². The molecule has 8 heteroatoms. The predicted octanol–water partition coefficient (Wildman–Crippen LogP) is 3.45. The molecular weight excluding hydrogens is 424 g/mol. The fourth-order valence-electron chi connectivity index (χ4n) is 4.38. The molecule has 0 radical (unpaired) electrons. The van der Waals surface area contributed by atoms with Crippen LogP contribution in [0.3, 0.4) is 0 Å². The lowest BCUT2D eigenvalue weighted by Crippen LogP contribution is -2.53. The van der Waals surface area contributed by atoms with Crippen LogP contribution >= 0.6 is 11.3 Å². The van der Waals surface area contributed by atoms with Gasteiger partial charge in [-0.15, -0.1) is 11.3 Å². The van der Waals surface area contributed by atoms with Gasteiger partial charge in [0.25, 0.3) is 0 Å². The minimum Gasteiger partial charge on any atom is -0.391 e. The first kappa shape index (κ1) is 22.9. The lowest BCUT2D eigenvalue weighted by molar-refractivity contribution is -0.135. The number of nitrogens with two attached hydrogens (primary N) is 1. The topological polar surface area (TPSA) is 101 Å². The minimum atomic E-state index is -0.646. The van der Waals surface area contributed by atoms with Crippen LogP contribution in [0.25, 0.3) is 10.4 Å². The molecule has 0 aliphatic carbocycles. The summed E-state index contributed by atoms with van der Waals surface area (Å²) >= 11 is 1.63. The summed E-state index contributed by atoms with van der Waals surface area (Å²) in [6, 6.07) is 7.35. The van der Waals surface area contributed by atoms with Gasteiger partial charge in [-0.2, -0.15) is 0 Å². The number of aliphatic hydroxyl groups excluding tert-OH is 1. The minimum absolute atomic E-state index is 0.153. The molecule has 3 N–H and O–H groups in total. The van der Waals surface area contributed by atoms with Crippen molar-refractivity contribution in [3.8, 4) is 10.4 Å². The summed E-state index contributed by atoms with van der Waals surface area (Å²) in [5, 5.41) is 14.7. The summed E-state index contributed by atoms with van der Waals surface area (Å²) in [5.74, 6) is -0.153. The second-order valence-corrected chi connectivity index (χ2v) is 11.0. The van der Waals surface area contributed by atoms with Crippen LogP contribution in [0.4, 0.5) is 0 Å². The number of aromatic nitrogens is 1. The van der Waals surface area contributed by atoms with Gasteiger partial charge in [0, 0.05) is 19.4 Å². The molecular formula is C24H32N4O3S. The first-order valence-electron chi connectivity index (χ1n) is 11.0. The van der Waals surface area contributed by atoms with Gasteiger partial charge in [-0.1, -0.05) is 50.2 Å². The van der Waals surface area contributed by atoms with Gasteiger partial charge in [0.15, 0.2) is 5.60 Å². The maximum absolute atomic E-state index is 13.1. The first-order chi connectivity index (χ1) is 15.0. The van der Waals surface area contributed by atoms with Crippen LogP contribution in [0.1, 0.15) is 51.8 Å². The van der Waals surface area contributed by atoms with Crippen LogP contribution in [0.2, 0.25) is 0 Å². The summed E-state index contributed by atoms with van der Waals surface area (Å²) in [6.45, 7) is 10.1. The van der Waals surface area contributed by atoms with Crippen molar-refractivity contribution in [1.29, 1.82) is 0 Å². The summed E-state index contributed by atoms with van der Waals surface area (Å²) < 4.78 is 0. The number of carbonyl (C=O) groups excluding carboxylic acids is 1. The van der Waals surface area contributed by atoms with Crippen molar-refractivity contribution < 1.29 is 14.7 Å². The molecule has 0 bridgehead atoms. The van der Waals surface area contributed by atoms with E-state index in [1.165, 1.54) is 0 Å². The van der Waals surface area contributed by atoms with Crippen LogP contribution in [0.5, 0.6) is 0 Å². The molecule has 1 saturated heterocycles. The smallest absolute Gasteiger partial charge is 0.240 e. The van der Waals surface area contributed by atoms with E-state index in [4.69, 9.17) is 10.6 Å². The average Bonchev–Trinajstić information content (AvgIpc) is 3.45. The number of hydrogen-bond acceptors (Lipinski definition) is 7. The highest BCUT2D eigenvalue weighted by Gasteiger charge is 2.46. The Morgan fingerprint density at radius 3 is 2.62 bits per heavy atom. The van der Waals surface area contributed by atoms with E-state index in [1.807, 2.05) is 40.1 Å². The second kappa shape index (κ2) is 8.24. The largest absolute Gasteiger partial charge is 0.391 e. The molecule has 2 aliphatic heterocycles. The normalized spacial score (nSPS) is 26.7. The van der Waals surface area contributed by atoms with Gasteiger partial charge < -0.3 is 20.6 Å². The lowest BCUT2D eigenvalue weighted by Gasteiger charge is -2.33. The number of β-amino-alcohol motifs (C(OH)–C–C–N with tert-alkyl or cyclic N) is 1. The van der Waals surface area contributed by atoms with E-state index in [-0.39, 0.29) is 23.9 Å². The Labute approximate surface area is 193 Å². The van der Waals surface area contributed by atoms with Gasteiger partial charge in [0.2, 0.25) is 5.91 Å². The highest BCUT2D eigenvalue weighted by Crippen LogP contribution is 2.39. The molecule has 1 unspecified atom stereocenters. The molecule has 172 valence electrons. The zero-order valence-electron chi connectivity index (χ0n) is 19.3. The first-order valence-corrected chi connectivity index (χ1v) is 11.9. The van der Waals surface area contributed by atoms with E-state index in [0.717, 1.165) is 27.4 Å². The number of oxime groups is 1. The summed E-state index contributed by atoms with van der Waals surface area (Å²) in [5.41, 5.74) is 11.1. The molecule has 3 heterocycles. The fourth-order valence-corrected chi connectivity index (χ4v) is 5.19. The Morgan fingerprint density at radius 1 is 1.34 bits per heavy atom. The van der Waals surface area contributed by atoms with Crippen molar-refractivity contribution in [3.05, 3.63) is 41.0 Å². The summed E-state index contributed by atoms with van der Waals surface area (Å²) in [4.78, 5) is 26.2. The summed E-state index contributed by atoms with van der Waals surface area (Å²) in [7, 11) is 0. The molecule has 7 nitrogen and oxygen atoms in total. The third-order valence-electron chi connectivity index (χ3n) is 6.53. The van der Waals surface area contributed by atoms with Crippen molar-refractivity contribution in [1.82, 2.24) is 9.88 Å². The Balaban J connectivity index is 1.51. The number of hydrogen-bond donors (Lipinski definition) is 2. The molecule has 4 atom stereocenters. The molecule has 4 rings (SSSR count). The maximum Gasteiger partial charge on any atom is 0.240 e. The van der Waals surface area contributed by atoms with Crippen LogP contribution in [0, 0.1) is 12.3 Å². The molecule has 2 aliphatic rings. The third-order valence-corrected chi connectivity index (χ3v) is 7.51. The zero-order chi connectivity index (χ0) is 23.3. The van der Waals surface area contributed by atoms with Gasteiger partial charge in [-0.25, -0.2) is 4.98 Å². The van der Waals surface area contributed by atoms with Crippen LogP contribution in [-0.2, 0) is 15.2 Å².